The van der Waals surface area contributed by atoms with E-state index in [1.807, 2.05) is 17.0 Å². The summed E-state index contributed by atoms with van der Waals surface area (Å²) in [5.41, 5.74) is 1.78. The van der Waals surface area contributed by atoms with E-state index in [0.717, 1.165) is 44.8 Å². The SMILES string of the molecule is CNc1ccc(Oc2ncnc3cc(OCCCC(=O)N4CCC5(CC4)COC5)c(OC)cc23)cc1Cl. The van der Waals surface area contributed by atoms with Gasteiger partial charge >= 0.3 is 0 Å². The average Bonchev–Trinajstić information content (AvgIpc) is 2.90. The molecule has 0 radical (unpaired) electrons. The van der Waals surface area contributed by atoms with Crippen LogP contribution < -0.4 is 19.5 Å². The van der Waals surface area contributed by atoms with Crippen molar-refractivity contribution in [3.8, 4) is 23.1 Å². The first-order chi connectivity index (χ1) is 18.0. The van der Waals surface area contributed by atoms with Gasteiger partial charge in [0.25, 0.3) is 0 Å². The monoisotopic (exact) mass is 526 g/mol. The summed E-state index contributed by atoms with van der Waals surface area (Å²) in [6.45, 7) is 3.71. The number of amides is 1. The van der Waals surface area contributed by atoms with E-state index in [2.05, 4.69) is 15.3 Å². The number of hydrogen-bond acceptors (Lipinski definition) is 8. The van der Waals surface area contributed by atoms with Crippen LogP contribution in [0.2, 0.25) is 5.02 Å². The minimum absolute atomic E-state index is 0.182. The number of rotatable bonds is 9. The summed E-state index contributed by atoms with van der Waals surface area (Å²) in [6.07, 6.45) is 4.58. The quantitative estimate of drug-likeness (QED) is 0.392. The lowest BCUT2D eigenvalue weighted by molar-refractivity contribution is -0.153. The molecule has 1 amide bonds. The summed E-state index contributed by atoms with van der Waals surface area (Å²) in [5, 5.41) is 4.24. The van der Waals surface area contributed by atoms with Crippen molar-refractivity contribution in [1.29, 1.82) is 0 Å². The molecule has 1 N–H and O–H groups in total. The van der Waals surface area contributed by atoms with Crippen LogP contribution in [0.5, 0.6) is 23.1 Å². The number of fused-ring (bicyclic) bond motifs is 1. The fraction of sp³-hybridized carbons (Fsp3) is 0.444. The number of ether oxygens (including phenoxy) is 4. The van der Waals surface area contributed by atoms with Gasteiger partial charge in [-0.15, -0.1) is 0 Å². The highest BCUT2D eigenvalue weighted by Gasteiger charge is 2.41. The van der Waals surface area contributed by atoms with Gasteiger partial charge in [-0.3, -0.25) is 4.79 Å². The minimum Gasteiger partial charge on any atom is -0.493 e. The molecule has 1 aromatic heterocycles. The molecule has 0 saturated carbocycles. The second-order valence-electron chi connectivity index (χ2n) is 9.52. The third kappa shape index (κ3) is 5.52. The van der Waals surface area contributed by atoms with Crippen molar-refractivity contribution in [3.63, 3.8) is 0 Å². The van der Waals surface area contributed by atoms with Crippen LogP contribution in [0.1, 0.15) is 25.7 Å². The van der Waals surface area contributed by atoms with E-state index < -0.39 is 0 Å². The van der Waals surface area contributed by atoms with Gasteiger partial charge in [0, 0.05) is 44.1 Å². The fourth-order valence-corrected chi connectivity index (χ4v) is 5.01. The van der Waals surface area contributed by atoms with Crippen LogP contribution >= 0.6 is 11.6 Å². The van der Waals surface area contributed by atoms with Gasteiger partial charge < -0.3 is 29.2 Å². The number of nitrogens with zero attached hydrogens (tertiary/aromatic N) is 3. The molecule has 0 unspecified atom stereocenters. The first kappa shape index (κ1) is 25.4. The minimum atomic E-state index is 0.182. The average molecular weight is 527 g/mol. The van der Waals surface area contributed by atoms with Crippen molar-refractivity contribution in [2.45, 2.75) is 25.7 Å². The Morgan fingerprint density at radius 2 is 1.97 bits per heavy atom. The molecule has 1 spiro atoms. The molecular weight excluding hydrogens is 496 g/mol. The Labute approximate surface area is 221 Å². The Kier molecular flexibility index (Phi) is 7.53. The molecular formula is C27H31ClN4O5. The van der Waals surface area contributed by atoms with Crippen LogP contribution in [0.3, 0.4) is 0 Å². The first-order valence-corrected chi connectivity index (χ1v) is 12.8. The van der Waals surface area contributed by atoms with Crippen molar-refractivity contribution in [2.75, 3.05) is 52.4 Å². The summed E-state index contributed by atoms with van der Waals surface area (Å²) < 4.78 is 22.9. The maximum absolute atomic E-state index is 12.6. The zero-order valence-electron chi connectivity index (χ0n) is 21.1. The highest BCUT2D eigenvalue weighted by molar-refractivity contribution is 6.33. The van der Waals surface area contributed by atoms with Crippen LogP contribution in [-0.4, -0.2) is 67.8 Å². The highest BCUT2D eigenvalue weighted by atomic mass is 35.5. The van der Waals surface area contributed by atoms with Gasteiger partial charge in [-0.1, -0.05) is 11.6 Å². The Morgan fingerprint density at radius 3 is 2.65 bits per heavy atom. The lowest BCUT2D eigenvalue weighted by atomic mass is 9.77. The maximum Gasteiger partial charge on any atom is 0.230 e. The van der Waals surface area contributed by atoms with E-state index in [1.54, 1.807) is 32.4 Å². The summed E-state index contributed by atoms with van der Waals surface area (Å²) >= 11 is 6.29. The molecule has 0 atom stereocenters. The van der Waals surface area contributed by atoms with Gasteiger partial charge in [-0.25, -0.2) is 9.97 Å². The largest absolute Gasteiger partial charge is 0.493 e. The zero-order valence-corrected chi connectivity index (χ0v) is 21.8. The van der Waals surface area contributed by atoms with Gasteiger partial charge in [0.2, 0.25) is 11.8 Å². The predicted molar refractivity (Wildman–Crippen MR) is 141 cm³/mol. The number of likely N-dealkylation sites (tertiary alicyclic amines) is 1. The molecule has 5 rings (SSSR count). The summed E-state index contributed by atoms with van der Waals surface area (Å²) in [6, 6.07) is 8.96. The topological polar surface area (TPSA) is 95.0 Å². The van der Waals surface area contributed by atoms with Gasteiger partial charge in [-0.05, 0) is 37.5 Å². The number of anilines is 1. The van der Waals surface area contributed by atoms with Crippen molar-refractivity contribution in [1.82, 2.24) is 14.9 Å². The second-order valence-corrected chi connectivity index (χ2v) is 9.93. The smallest absolute Gasteiger partial charge is 0.230 e. The van der Waals surface area contributed by atoms with Crippen molar-refractivity contribution in [3.05, 3.63) is 41.7 Å². The highest BCUT2D eigenvalue weighted by Crippen LogP contribution is 2.39. The molecule has 2 fully saturated rings. The van der Waals surface area contributed by atoms with Crippen LogP contribution in [0.25, 0.3) is 10.9 Å². The number of carbonyl (C=O) groups excluding carboxylic acids is 1. The Bertz CT molecular complexity index is 1270. The maximum atomic E-state index is 12.6. The number of nitrogens with one attached hydrogen (secondary N) is 1. The lowest BCUT2D eigenvalue weighted by Crippen LogP contribution is -2.52. The van der Waals surface area contributed by atoms with E-state index in [4.69, 9.17) is 30.5 Å². The predicted octanol–water partition coefficient (Wildman–Crippen LogP) is 4.92. The zero-order chi connectivity index (χ0) is 25.8. The van der Waals surface area contributed by atoms with E-state index in [9.17, 15) is 4.79 Å². The van der Waals surface area contributed by atoms with Crippen molar-refractivity contribution in [2.24, 2.45) is 5.41 Å². The molecule has 10 heteroatoms. The van der Waals surface area contributed by atoms with Crippen LogP contribution in [0, 0.1) is 5.41 Å². The molecule has 196 valence electrons. The number of piperidine rings is 1. The van der Waals surface area contributed by atoms with Crippen LogP contribution in [-0.2, 0) is 9.53 Å². The molecule has 2 aliphatic rings. The number of hydrogen-bond donors (Lipinski definition) is 1. The summed E-state index contributed by atoms with van der Waals surface area (Å²) in [7, 11) is 3.38. The Morgan fingerprint density at radius 1 is 1.16 bits per heavy atom. The Hall–Kier alpha value is -3.30. The fourth-order valence-electron chi connectivity index (χ4n) is 4.74. The second kappa shape index (κ2) is 11.0. The van der Waals surface area contributed by atoms with E-state index in [0.29, 0.717) is 63.9 Å². The van der Waals surface area contributed by atoms with Gasteiger partial charge in [0.05, 0.1) is 48.5 Å². The van der Waals surface area contributed by atoms with E-state index in [1.165, 1.54) is 6.33 Å². The number of aromatic nitrogens is 2. The number of carbonyl (C=O) groups is 1. The molecule has 2 saturated heterocycles. The van der Waals surface area contributed by atoms with Crippen molar-refractivity contribution < 1.29 is 23.7 Å². The van der Waals surface area contributed by atoms with E-state index in [-0.39, 0.29) is 5.91 Å². The number of methoxy groups -OCH3 is 1. The molecule has 0 aliphatic carbocycles. The molecule has 3 heterocycles. The van der Waals surface area contributed by atoms with Crippen LogP contribution in [0.4, 0.5) is 5.69 Å². The number of halogens is 1. The van der Waals surface area contributed by atoms with Gasteiger partial charge in [-0.2, -0.15) is 0 Å². The molecule has 9 nitrogen and oxygen atoms in total. The molecule has 2 aromatic carbocycles. The number of benzene rings is 2. The molecule has 3 aromatic rings. The summed E-state index contributed by atoms with van der Waals surface area (Å²) in [5.74, 6) is 2.20. The first-order valence-electron chi connectivity index (χ1n) is 12.5. The lowest BCUT2D eigenvalue weighted by Gasteiger charge is -2.47. The standard InChI is InChI=1S/C27H31ClN4O5/c1-29-21-6-5-18(12-20(21)28)37-26-19-13-23(34-2)24(14-22(19)30-17-31-26)36-11-3-4-25(33)32-9-7-27(8-10-32)15-35-16-27/h5-6,12-14,17,29H,3-4,7-11,15-16H2,1-2H3. The van der Waals surface area contributed by atoms with Gasteiger partial charge in [0.1, 0.15) is 12.1 Å². The third-order valence-corrected chi connectivity index (χ3v) is 7.41. The molecule has 0 bridgehead atoms. The molecule has 2 aliphatic heterocycles. The third-order valence-electron chi connectivity index (χ3n) is 7.09. The normalized spacial score (nSPS) is 16.4. The Balaban J connectivity index is 1.20. The van der Waals surface area contributed by atoms with E-state index >= 15 is 0 Å². The van der Waals surface area contributed by atoms with Gasteiger partial charge in [0.15, 0.2) is 11.5 Å². The summed E-state index contributed by atoms with van der Waals surface area (Å²) in [4.78, 5) is 23.3. The van der Waals surface area contributed by atoms with Crippen molar-refractivity contribution >= 4 is 34.1 Å². The van der Waals surface area contributed by atoms with Crippen LogP contribution in [0.15, 0.2) is 36.7 Å². The molecule has 37 heavy (non-hydrogen) atoms.